The third-order valence-electron chi connectivity index (χ3n) is 7.65. The van der Waals surface area contributed by atoms with Crippen molar-refractivity contribution in [1.29, 1.82) is 0 Å². The molecule has 4 rings (SSSR count). The van der Waals surface area contributed by atoms with Gasteiger partial charge in [0.2, 0.25) is 0 Å². The zero-order chi connectivity index (χ0) is 18.7. The van der Waals surface area contributed by atoms with Crippen molar-refractivity contribution in [2.45, 2.75) is 114 Å². The molecule has 26 heavy (non-hydrogen) atoms. The predicted octanol–water partition coefficient (Wildman–Crippen LogP) is 3.24. The summed E-state index contributed by atoms with van der Waals surface area (Å²) in [6, 6.07) is 0.255. The van der Waals surface area contributed by atoms with Crippen molar-refractivity contribution in [3.63, 3.8) is 0 Å². The summed E-state index contributed by atoms with van der Waals surface area (Å²) >= 11 is 0. The molecule has 4 aliphatic rings. The van der Waals surface area contributed by atoms with Crippen LogP contribution in [0.4, 0.5) is 0 Å². The molecule has 0 aromatic heterocycles. The topological polar surface area (TPSA) is 57.0 Å². The molecule has 3 aliphatic heterocycles. The molecule has 4 fully saturated rings. The molecule has 1 spiro atoms. The second-order valence-electron chi connectivity index (χ2n) is 10.5. The Bertz CT molecular complexity index is 530. The molecule has 6 heteroatoms. The van der Waals surface area contributed by atoms with Crippen LogP contribution in [0.3, 0.4) is 0 Å². The second kappa shape index (κ2) is 6.53. The Morgan fingerprint density at radius 2 is 1.81 bits per heavy atom. The molecule has 1 aliphatic carbocycles. The Kier molecular flexibility index (Phi) is 4.86. The fourth-order valence-corrected chi connectivity index (χ4v) is 6.44. The van der Waals surface area contributed by atoms with Crippen LogP contribution >= 0.6 is 0 Å². The van der Waals surface area contributed by atoms with E-state index in [0.717, 1.165) is 32.4 Å². The van der Waals surface area contributed by atoms with Crippen LogP contribution in [-0.4, -0.2) is 62.5 Å². The lowest BCUT2D eigenvalue weighted by Gasteiger charge is -2.56. The van der Waals surface area contributed by atoms with Crippen LogP contribution in [0.2, 0.25) is 18.1 Å². The molecule has 0 aromatic carbocycles. The summed E-state index contributed by atoms with van der Waals surface area (Å²) in [6.45, 7) is 13.5. The van der Waals surface area contributed by atoms with Gasteiger partial charge < -0.3 is 19.6 Å². The highest BCUT2D eigenvalue weighted by Gasteiger charge is 2.58. The maximum Gasteiger partial charge on any atom is 0.192 e. The van der Waals surface area contributed by atoms with E-state index in [2.05, 4.69) is 38.8 Å². The van der Waals surface area contributed by atoms with Gasteiger partial charge in [-0.3, -0.25) is 4.90 Å². The highest BCUT2D eigenvalue weighted by atomic mass is 28.4. The van der Waals surface area contributed by atoms with Crippen molar-refractivity contribution >= 4 is 8.32 Å². The molecule has 0 radical (unpaired) electrons. The molecular formula is C20H38N2O3Si. The Morgan fingerprint density at radius 1 is 1.12 bits per heavy atom. The van der Waals surface area contributed by atoms with Crippen molar-refractivity contribution < 1.29 is 13.9 Å². The SMILES string of the molecule is CC(C)(C)[Si](C)(C)O[C@H]1CN2CC[C@@H]3OC4(CCCCC4)O[C@@H]([C@@H]1N)[C@@H]32. The van der Waals surface area contributed by atoms with Gasteiger partial charge in [-0.15, -0.1) is 0 Å². The van der Waals surface area contributed by atoms with Gasteiger partial charge in [0.1, 0.15) is 0 Å². The van der Waals surface area contributed by atoms with E-state index in [0.29, 0.717) is 6.04 Å². The minimum absolute atomic E-state index is 0.0397. The van der Waals surface area contributed by atoms with Gasteiger partial charge in [-0.2, -0.15) is 0 Å². The van der Waals surface area contributed by atoms with Crippen LogP contribution in [0.5, 0.6) is 0 Å². The molecule has 150 valence electrons. The van der Waals surface area contributed by atoms with E-state index in [9.17, 15) is 0 Å². The highest BCUT2D eigenvalue weighted by molar-refractivity contribution is 6.74. The molecule has 3 heterocycles. The first-order valence-electron chi connectivity index (χ1n) is 10.7. The number of nitrogens with two attached hydrogens (primary N) is 1. The van der Waals surface area contributed by atoms with E-state index in [1.54, 1.807) is 0 Å². The van der Waals surface area contributed by atoms with Gasteiger partial charge >= 0.3 is 0 Å². The Labute approximate surface area is 160 Å². The van der Waals surface area contributed by atoms with Gasteiger partial charge in [-0.1, -0.05) is 27.2 Å². The van der Waals surface area contributed by atoms with Gasteiger partial charge in [0.25, 0.3) is 0 Å². The monoisotopic (exact) mass is 382 g/mol. The van der Waals surface area contributed by atoms with E-state index < -0.39 is 8.32 Å². The van der Waals surface area contributed by atoms with E-state index in [1.807, 2.05) is 0 Å². The first-order chi connectivity index (χ1) is 12.1. The Morgan fingerprint density at radius 3 is 2.46 bits per heavy atom. The molecule has 0 aromatic rings. The molecule has 5 atom stereocenters. The molecule has 0 unspecified atom stereocenters. The summed E-state index contributed by atoms with van der Waals surface area (Å²) < 4.78 is 20.0. The van der Waals surface area contributed by atoms with Crippen LogP contribution in [0.15, 0.2) is 0 Å². The molecule has 0 bridgehead atoms. The lowest BCUT2D eigenvalue weighted by Crippen LogP contribution is -2.72. The van der Waals surface area contributed by atoms with Crippen molar-refractivity contribution in [1.82, 2.24) is 4.90 Å². The van der Waals surface area contributed by atoms with E-state index in [-0.39, 0.29) is 35.2 Å². The fraction of sp³-hybridized carbons (Fsp3) is 1.00. The second-order valence-corrected chi connectivity index (χ2v) is 15.2. The van der Waals surface area contributed by atoms with Crippen LogP contribution in [0.1, 0.15) is 59.3 Å². The van der Waals surface area contributed by atoms with E-state index in [1.165, 1.54) is 19.3 Å². The summed E-state index contributed by atoms with van der Waals surface area (Å²) in [5.41, 5.74) is 6.82. The van der Waals surface area contributed by atoms with Crippen LogP contribution < -0.4 is 5.73 Å². The minimum Gasteiger partial charge on any atom is -0.411 e. The number of hydrogen-bond donors (Lipinski definition) is 1. The largest absolute Gasteiger partial charge is 0.411 e. The lowest BCUT2D eigenvalue weighted by atomic mass is 9.86. The molecule has 5 nitrogen and oxygen atoms in total. The Balaban J connectivity index is 1.56. The summed E-state index contributed by atoms with van der Waals surface area (Å²) in [4.78, 5) is 2.53. The molecule has 1 saturated carbocycles. The van der Waals surface area contributed by atoms with Crippen LogP contribution in [0.25, 0.3) is 0 Å². The normalized spacial score (nSPS) is 40.6. The predicted molar refractivity (Wildman–Crippen MR) is 106 cm³/mol. The van der Waals surface area contributed by atoms with Crippen molar-refractivity contribution in [3.05, 3.63) is 0 Å². The molecular weight excluding hydrogens is 344 g/mol. The summed E-state index contributed by atoms with van der Waals surface area (Å²) in [7, 11) is -1.86. The summed E-state index contributed by atoms with van der Waals surface area (Å²) in [5, 5.41) is 0.193. The number of hydrogen-bond acceptors (Lipinski definition) is 5. The van der Waals surface area contributed by atoms with Gasteiger partial charge in [0, 0.05) is 25.9 Å². The number of piperidine rings is 1. The first-order valence-corrected chi connectivity index (χ1v) is 13.6. The lowest BCUT2D eigenvalue weighted by molar-refractivity contribution is -0.348. The third-order valence-corrected chi connectivity index (χ3v) is 12.2. The Hall–Kier alpha value is 0.0169. The number of nitrogens with zero attached hydrogens (tertiary/aromatic N) is 1. The summed E-state index contributed by atoms with van der Waals surface area (Å²) in [5.74, 6) is -0.378. The minimum atomic E-state index is -1.86. The van der Waals surface area contributed by atoms with Crippen molar-refractivity contribution in [2.75, 3.05) is 13.1 Å². The first kappa shape index (κ1) is 19.3. The standard InChI is InChI=1S/C20H38N2O3Si/c1-19(2,3)26(4,5)25-15-13-22-12-9-14-17(22)18(16(15)21)24-20(23-14)10-7-6-8-11-20/h14-18H,6-13,21H2,1-5H3/t14-,15-,16+,17+,18-/m0/s1. The molecule has 3 saturated heterocycles. The van der Waals surface area contributed by atoms with Crippen molar-refractivity contribution in [3.8, 4) is 0 Å². The average molecular weight is 383 g/mol. The van der Waals surface area contributed by atoms with Crippen LogP contribution in [0, 0.1) is 0 Å². The smallest absolute Gasteiger partial charge is 0.192 e. The van der Waals surface area contributed by atoms with E-state index >= 15 is 0 Å². The van der Waals surface area contributed by atoms with Gasteiger partial charge in [0.15, 0.2) is 14.1 Å². The van der Waals surface area contributed by atoms with E-state index in [4.69, 9.17) is 19.6 Å². The van der Waals surface area contributed by atoms with Gasteiger partial charge in [0.05, 0.1) is 30.4 Å². The zero-order valence-corrected chi connectivity index (χ0v) is 18.3. The van der Waals surface area contributed by atoms with Crippen LogP contribution in [-0.2, 0) is 13.9 Å². The number of ether oxygens (including phenoxy) is 2. The molecule has 2 N–H and O–H groups in total. The third kappa shape index (κ3) is 3.20. The molecule has 0 amide bonds. The maximum atomic E-state index is 6.82. The average Bonchev–Trinajstić information content (AvgIpc) is 2.94. The van der Waals surface area contributed by atoms with Gasteiger partial charge in [-0.25, -0.2) is 0 Å². The highest BCUT2D eigenvalue weighted by Crippen LogP contribution is 2.46. The summed E-state index contributed by atoms with van der Waals surface area (Å²) in [6.07, 6.45) is 7.23. The van der Waals surface area contributed by atoms with Gasteiger partial charge in [-0.05, 0) is 37.4 Å². The zero-order valence-electron chi connectivity index (χ0n) is 17.3. The maximum absolute atomic E-state index is 6.82. The number of rotatable bonds is 2. The quantitative estimate of drug-likeness (QED) is 0.743. The fourth-order valence-electron chi connectivity index (χ4n) is 5.10. The van der Waals surface area contributed by atoms with Crippen molar-refractivity contribution in [2.24, 2.45) is 5.73 Å².